The van der Waals surface area contributed by atoms with Crippen molar-refractivity contribution in [1.29, 1.82) is 0 Å². The van der Waals surface area contributed by atoms with Crippen LogP contribution in [0, 0.1) is 5.92 Å². The molecule has 4 heteroatoms. The van der Waals surface area contributed by atoms with E-state index >= 15 is 0 Å². The molecule has 2 nitrogen and oxygen atoms in total. The molecule has 0 amide bonds. The number of rotatable bonds is 4. The summed E-state index contributed by atoms with van der Waals surface area (Å²) in [6.07, 6.45) is 3.95. The first-order valence-electron chi connectivity index (χ1n) is 6.28. The van der Waals surface area contributed by atoms with E-state index < -0.39 is 0 Å². The van der Waals surface area contributed by atoms with Crippen LogP contribution in [0.1, 0.15) is 30.2 Å². The average molecular weight is 317 g/mol. The summed E-state index contributed by atoms with van der Waals surface area (Å²) in [6, 6.07) is 2.85. The van der Waals surface area contributed by atoms with E-state index in [1.165, 1.54) is 41.7 Å². The molecule has 1 saturated heterocycles. The molecule has 2 rings (SSSR count). The highest BCUT2D eigenvalue weighted by molar-refractivity contribution is 9.10. The van der Waals surface area contributed by atoms with Gasteiger partial charge in [0.1, 0.15) is 0 Å². The van der Waals surface area contributed by atoms with Gasteiger partial charge in [-0.3, -0.25) is 0 Å². The van der Waals surface area contributed by atoms with Crippen molar-refractivity contribution >= 4 is 27.3 Å². The molecule has 0 bridgehead atoms. The Labute approximate surface area is 117 Å². The van der Waals surface area contributed by atoms with Crippen molar-refractivity contribution < 1.29 is 0 Å². The highest BCUT2D eigenvalue weighted by Gasteiger charge is 2.22. The Morgan fingerprint density at radius 3 is 2.71 bits per heavy atom. The fourth-order valence-corrected chi connectivity index (χ4v) is 4.17. The molecule has 17 heavy (non-hydrogen) atoms. The predicted molar refractivity (Wildman–Crippen MR) is 78.7 cm³/mol. The molecule has 96 valence electrons. The van der Waals surface area contributed by atoms with Gasteiger partial charge in [0, 0.05) is 20.8 Å². The molecule has 2 heterocycles. The van der Waals surface area contributed by atoms with Crippen LogP contribution in [-0.2, 0) is 0 Å². The van der Waals surface area contributed by atoms with Crippen LogP contribution in [-0.4, -0.2) is 32.1 Å². The number of piperidine rings is 1. The molecule has 1 N–H and O–H groups in total. The van der Waals surface area contributed by atoms with Gasteiger partial charge in [0.2, 0.25) is 0 Å². The maximum absolute atomic E-state index is 3.56. The van der Waals surface area contributed by atoms with Crippen LogP contribution in [0.2, 0.25) is 0 Å². The molecule has 1 aromatic heterocycles. The first-order valence-corrected chi connectivity index (χ1v) is 7.95. The summed E-state index contributed by atoms with van der Waals surface area (Å²) in [5.41, 5.74) is 0. The normalized spacial score (nSPS) is 19.8. The Hall–Kier alpha value is 0.1000. The van der Waals surface area contributed by atoms with Gasteiger partial charge >= 0.3 is 0 Å². The zero-order valence-corrected chi connectivity index (χ0v) is 13.0. The van der Waals surface area contributed by atoms with Gasteiger partial charge in [-0.15, -0.1) is 11.3 Å². The Bertz CT molecular complexity index is 345. The van der Waals surface area contributed by atoms with E-state index in [4.69, 9.17) is 0 Å². The van der Waals surface area contributed by atoms with Crippen LogP contribution in [0.3, 0.4) is 0 Å². The number of hydrogen-bond donors (Lipinski definition) is 1. The van der Waals surface area contributed by atoms with Crippen LogP contribution >= 0.6 is 27.3 Å². The second kappa shape index (κ2) is 6.32. The summed E-state index contributed by atoms with van der Waals surface area (Å²) >= 11 is 5.43. The molecule has 1 fully saturated rings. The van der Waals surface area contributed by atoms with Gasteiger partial charge in [0.05, 0.1) is 0 Å². The number of halogens is 1. The maximum atomic E-state index is 3.56. The zero-order valence-electron chi connectivity index (χ0n) is 10.6. The summed E-state index contributed by atoms with van der Waals surface area (Å²) in [4.78, 5) is 3.85. The van der Waals surface area contributed by atoms with Crippen molar-refractivity contribution in [3.63, 3.8) is 0 Å². The fraction of sp³-hybridized carbons (Fsp3) is 0.692. The number of nitrogens with one attached hydrogen (secondary N) is 1. The van der Waals surface area contributed by atoms with Crippen molar-refractivity contribution in [2.24, 2.45) is 5.92 Å². The summed E-state index contributed by atoms with van der Waals surface area (Å²) in [6.45, 7) is 2.39. The average Bonchev–Trinajstić information content (AvgIpc) is 2.73. The van der Waals surface area contributed by atoms with E-state index in [2.05, 4.69) is 51.7 Å². The van der Waals surface area contributed by atoms with Gasteiger partial charge in [0.25, 0.3) is 0 Å². The van der Waals surface area contributed by atoms with Crippen molar-refractivity contribution in [2.45, 2.75) is 25.3 Å². The van der Waals surface area contributed by atoms with Crippen LogP contribution in [0.4, 0.5) is 0 Å². The van der Waals surface area contributed by atoms with E-state index in [0.717, 1.165) is 5.92 Å². The Morgan fingerprint density at radius 2 is 2.18 bits per heavy atom. The van der Waals surface area contributed by atoms with E-state index in [1.54, 1.807) is 0 Å². The summed E-state index contributed by atoms with van der Waals surface area (Å²) in [7, 11) is 4.39. The first kappa shape index (κ1) is 13.5. The van der Waals surface area contributed by atoms with E-state index in [0.29, 0.717) is 6.04 Å². The molecule has 0 radical (unpaired) electrons. The minimum atomic E-state index is 0.578. The number of hydrogen-bond acceptors (Lipinski definition) is 3. The molecule has 0 aromatic carbocycles. The lowest BCUT2D eigenvalue weighted by molar-refractivity contribution is 0.226. The molecular weight excluding hydrogens is 296 g/mol. The Kier molecular flexibility index (Phi) is 5.03. The highest BCUT2D eigenvalue weighted by Crippen LogP contribution is 2.34. The standard InChI is InChI=1S/C13H21BrN2S/c1-16(2)12(13-8-11(14)9-17-13)7-10-3-5-15-6-4-10/h8-10,12,15H,3-7H2,1-2H3. The zero-order chi connectivity index (χ0) is 12.3. The minimum Gasteiger partial charge on any atom is -0.317 e. The maximum Gasteiger partial charge on any atom is 0.0438 e. The third-order valence-corrected chi connectivity index (χ3v) is 5.35. The smallest absolute Gasteiger partial charge is 0.0438 e. The first-order chi connectivity index (χ1) is 8.16. The Morgan fingerprint density at radius 1 is 1.47 bits per heavy atom. The van der Waals surface area contributed by atoms with Gasteiger partial charge in [0.15, 0.2) is 0 Å². The molecule has 1 atom stereocenters. The monoisotopic (exact) mass is 316 g/mol. The second-order valence-corrected chi connectivity index (χ2v) is 6.93. The lowest BCUT2D eigenvalue weighted by Crippen LogP contribution is -2.30. The molecule has 1 aromatic rings. The quantitative estimate of drug-likeness (QED) is 0.914. The largest absolute Gasteiger partial charge is 0.317 e. The molecule has 1 aliphatic rings. The molecule has 0 aliphatic carbocycles. The van der Waals surface area contributed by atoms with Gasteiger partial charge in [-0.25, -0.2) is 0 Å². The third kappa shape index (κ3) is 3.78. The molecular formula is C13H21BrN2S. The SMILES string of the molecule is CN(C)C(CC1CCNCC1)c1cc(Br)cs1. The molecule has 0 saturated carbocycles. The van der Waals surface area contributed by atoms with Gasteiger partial charge in [-0.2, -0.15) is 0 Å². The van der Waals surface area contributed by atoms with E-state index in [1.807, 2.05) is 11.3 Å². The van der Waals surface area contributed by atoms with Gasteiger partial charge in [-0.05, 0) is 74.4 Å². The second-order valence-electron chi connectivity index (χ2n) is 5.08. The summed E-state index contributed by atoms with van der Waals surface area (Å²) in [5.74, 6) is 0.879. The molecule has 1 unspecified atom stereocenters. The van der Waals surface area contributed by atoms with Gasteiger partial charge < -0.3 is 10.2 Å². The van der Waals surface area contributed by atoms with Crippen molar-refractivity contribution in [3.8, 4) is 0 Å². The predicted octanol–water partition coefficient (Wildman–Crippen LogP) is 3.50. The van der Waals surface area contributed by atoms with E-state index in [9.17, 15) is 0 Å². The highest BCUT2D eigenvalue weighted by atomic mass is 79.9. The van der Waals surface area contributed by atoms with E-state index in [-0.39, 0.29) is 0 Å². The summed E-state index contributed by atoms with van der Waals surface area (Å²) < 4.78 is 1.22. The molecule has 1 aliphatic heterocycles. The van der Waals surface area contributed by atoms with Crippen LogP contribution < -0.4 is 5.32 Å². The lowest BCUT2D eigenvalue weighted by Gasteiger charge is -2.30. The third-order valence-electron chi connectivity index (χ3n) is 3.55. The molecule has 0 spiro atoms. The van der Waals surface area contributed by atoms with Gasteiger partial charge in [-0.1, -0.05) is 0 Å². The topological polar surface area (TPSA) is 15.3 Å². The fourth-order valence-electron chi connectivity index (χ4n) is 2.52. The van der Waals surface area contributed by atoms with Crippen molar-refractivity contribution in [1.82, 2.24) is 10.2 Å². The Balaban J connectivity index is 2.01. The van der Waals surface area contributed by atoms with Crippen molar-refractivity contribution in [3.05, 3.63) is 20.8 Å². The van der Waals surface area contributed by atoms with Crippen LogP contribution in [0.25, 0.3) is 0 Å². The minimum absolute atomic E-state index is 0.578. The number of thiophene rings is 1. The number of nitrogens with zero attached hydrogens (tertiary/aromatic N) is 1. The van der Waals surface area contributed by atoms with Crippen molar-refractivity contribution in [2.75, 3.05) is 27.2 Å². The van der Waals surface area contributed by atoms with Crippen LogP contribution in [0.15, 0.2) is 15.9 Å². The lowest BCUT2D eigenvalue weighted by atomic mass is 9.90. The summed E-state index contributed by atoms with van der Waals surface area (Å²) in [5, 5.41) is 5.63. The van der Waals surface area contributed by atoms with Crippen LogP contribution in [0.5, 0.6) is 0 Å².